The number of amides is 1. The normalized spacial score (nSPS) is 22.3. The average molecular weight is 334 g/mol. The molecule has 2 heterocycles. The summed E-state index contributed by atoms with van der Waals surface area (Å²) in [5.74, 6) is 0.0545. The van der Waals surface area contributed by atoms with Crippen LogP contribution >= 0.6 is 0 Å². The Morgan fingerprint density at radius 1 is 1.12 bits per heavy atom. The topological polar surface area (TPSA) is 73.0 Å². The minimum Gasteiger partial charge on any atom is -0.378 e. The number of carbonyl (C=O) groups excluding carboxylic acids is 1. The third kappa shape index (κ3) is 3.05. The average Bonchev–Trinajstić information content (AvgIpc) is 3.05. The van der Waals surface area contributed by atoms with E-state index in [9.17, 15) is 14.4 Å². The molecule has 1 aromatic carbocycles. The molecule has 0 spiro atoms. The fraction of sp³-hybridized carbons (Fsp3) is 0.706. The summed E-state index contributed by atoms with van der Waals surface area (Å²) >= 11 is 0. The maximum atomic E-state index is 12.0. The standard InChI is InChI=1S/C17H26N4O3/c1-3-19-6-4-5-13(19)11-18-14-15(17(24)16(14)23)21-9-7-20(8-10-21)12(2)22/h13,18H,3-11H2,1-2H3. The van der Waals surface area contributed by atoms with Crippen molar-refractivity contribution < 1.29 is 4.79 Å². The van der Waals surface area contributed by atoms with E-state index < -0.39 is 10.9 Å². The van der Waals surface area contributed by atoms with Crippen LogP contribution in [-0.4, -0.2) is 67.6 Å². The number of nitrogens with zero attached hydrogens (tertiary/aromatic N) is 3. The first-order valence-corrected chi connectivity index (χ1v) is 8.84. The van der Waals surface area contributed by atoms with E-state index in [4.69, 9.17) is 0 Å². The van der Waals surface area contributed by atoms with Crippen LogP contribution in [-0.2, 0) is 4.79 Å². The monoisotopic (exact) mass is 334 g/mol. The highest BCUT2D eigenvalue weighted by Gasteiger charge is 2.30. The maximum absolute atomic E-state index is 12.0. The van der Waals surface area contributed by atoms with Crippen molar-refractivity contribution in [3.63, 3.8) is 0 Å². The smallest absolute Gasteiger partial charge is 0.253 e. The van der Waals surface area contributed by atoms with Crippen molar-refractivity contribution in [1.29, 1.82) is 0 Å². The zero-order chi connectivity index (χ0) is 17.3. The second-order valence-corrected chi connectivity index (χ2v) is 6.68. The SMILES string of the molecule is CCN1CCCC1CNc1c(N2CCN(C(C)=O)CC2)c(=O)c1=O. The zero-order valence-electron chi connectivity index (χ0n) is 14.5. The van der Waals surface area contributed by atoms with E-state index in [-0.39, 0.29) is 5.91 Å². The van der Waals surface area contributed by atoms with Crippen molar-refractivity contribution >= 4 is 17.3 Å². The third-order valence-corrected chi connectivity index (χ3v) is 5.35. The van der Waals surface area contributed by atoms with Gasteiger partial charge >= 0.3 is 0 Å². The van der Waals surface area contributed by atoms with Gasteiger partial charge in [0.15, 0.2) is 0 Å². The molecule has 2 aliphatic heterocycles. The van der Waals surface area contributed by atoms with Gasteiger partial charge in [0.05, 0.1) is 0 Å². The highest BCUT2D eigenvalue weighted by molar-refractivity contribution is 5.77. The predicted octanol–water partition coefficient (Wildman–Crippen LogP) is -0.153. The first-order valence-electron chi connectivity index (χ1n) is 8.84. The molecule has 132 valence electrons. The van der Waals surface area contributed by atoms with Crippen LogP contribution in [0.5, 0.6) is 0 Å². The second-order valence-electron chi connectivity index (χ2n) is 6.68. The Labute approximate surface area is 141 Å². The van der Waals surface area contributed by atoms with Gasteiger partial charge in [-0.2, -0.15) is 0 Å². The number of anilines is 2. The molecule has 1 N–H and O–H groups in total. The molecule has 7 heteroatoms. The minimum atomic E-state index is -0.403. The third-order valence-electron chi connectivity index (χ3n) is 5.35. The lowest BCUT2D eigenvalue weighted by Crippen LogP contribution is -2.52. The highest BCUT2D eigenvalue weighted by atomic mass is 16.2. The zero-order valence-corrected chi connectivity index (χ0v) is 14.5. The van der Waals surface area contributed by atoms with E-state index in [0.717, 1.165) is 19.5 Å². The van der Waals surface area contributed by atoms with Gasteiger partial charge in [-0.05, 0) is 25.9 Å². The summed E-state index contributed by atoms with van der Waals surface area (Å²) in [6.07, 6.45) is 2.31. The van der Waals surface area contributed by atoms with Crippen LogP contribution in [0.15, 0.2) is 9.59 Å². The molecule has 1 aromatic rings. The molecule has 0 bridgehead atoms. The van der Waals surface area contributed by atoms with Gasteiger partial charge in [-0.1, -0.05) is 6.92 Å². The number of piperazine rings is 1. The number of hydrogen-bond acceptors (Lipinski definition) is 6. The second kappa shape index (κ2) is 6.93. The fourth-order valence-corrected chi connectivity index (χ4v) is 3.85. The molecule has 1 atom stereocenters. The van der Waals surface area contributed by atoms with Crippen molar-refractivity contribution in [3.8, 4) is 0 Å². The van der Waals surface area contributed by atoms with E-state index in [2.05, 4.69) is 17.1 Å². The highest BCUT2D eigenvalue weighted by Crippen LogP contribution is 2.23. The van der Waals surface area contributed by atoms with Crippen LogP contribution in [0.2, 0.25) is 0 Å². The minimum absolute atomic E-state index is 0.0545. The molecule has 1 amide bonds. The largest absolute Gasteiger partial charge is 0.378 e. The fourth-order valence-electron chi connectivity index (χ4n) is 3.85. The van der Waals surface area contributed by atoms with E-state index in [0.29, 0.717) is 50.1 Å². The number of rotatable bonds is 5. The van der Waals surface area contributed by atoms with Crippen molar-refractivity contribution in [2.45, 2.75) is 32.7 Å². The van der Waals surface area contributed by atoms with Gasteiger partial charge in [0, 0.05) is 45.7 Å². The van der Waals surface area contributed by atoms with Gasteiger partial charge in [-0.3, -0.25) is 19.3 Å². The Morgan fingerprint density at radius 2 is 1.83 bits per heavy atom. The van der Waals surface area contributed by atoms with Crippen molar-refractivity contribution in [3.05, 3.63) is 20.4 Å². The molecular formula is C17H26N4O3. The van der Waals surface area contributed by atoms with Gasteiger partial charge in [-0.15, -0.1) is 0 Å². The van der Waals surface area contributed by atoms with Crippen LogP contribution in [0.4, 0.5) is 11.4 Å². The summed E-state index contributed by atoms with van der Waals surface area (Å²) in [7, 11) is 0. The number of carbonyl (C=O) groups is 1. The Hall–Kier alpha value is -1.89. The molecule has 0 aromatic heterocycles. The van der Waals surface area contributed by atoms with Gasteiger partial charge in [0.2, 0.25) is 5.91 Å². The Bertz CT molecular complexity index is 672. The number of likely N-dealkylation sites (N-methyl/N-ethyl adjacent to an activating group) is 1. The molecule has 7 nitrogen and oxygen atoms in total. The van der Waals surface area contributed by atoms with Crippen LogP contribution in [0.3, 0.4) is 0 Å². The van der Waals surface area contributed by atoms with Crippen molar-refractivity contribution in [1.82, 2.24) is 9.80 Å². The first-order chi connectivity index (χ1) is 11.5. The van der Waals surface area contributed by atoms with E-state index in [1.165, 1.54) is 6.42 Å². The van der Waals surface area contributed by atoms with E-state index in [1.807, 2.05) is 4.90 Å². The van der Waals surface area contributed by atoms with E-state index >= 15 is 0 Å². The Balaban J connectivity index is 1.64. The summed E-state index contributed by atoms with van der Waals surface area (Å²) in [6.45, 7) is 8.93. The van der Waals surface area contributed by atoms with Gasteiger partial charge in [0.1, 0.15) is 11.4 Å². The summed E-state index contributed by atoms with van der Waals surface area (Å²) < 4.78 is 0. The Morgan fingerprint density at radius 3 is 2.46 bits per heavy atom. The number of nitrogens with one attached hydrogen (secondary N) is 1. The summed E-state index contributed by atoms with van der Waals surface area (Å²) in [5.41, 5.74) is 0.191. The molecule has 3 rings (SSSR count). The molecule has 24 heavy (non-hydrogen) atoms. The summed E-state index contributed by atoms with van der Waals surface area (Å²) in [6, 6.07) is 0.432. The molecule has 2 fully saturated rings. The quantitative estimate of drug-likeness (QED) is 0.755. The summed E-state index contributed by atoms with van der Waals surface area (Å²) in [5, 5.41) is 3.23. The Kier molecular flexibility index (Phi) is 4.89. The molecule has 2 saturated heterocycles. The molecule has 0 radical (unpaired) electrons. The van der Waals surface area contributed by atoms with Gasteiger partial charge in [0.25, 0.3) is 10.9 Å². The van der Waals surface area contributed by atoms with Crippen LogP contribution < -0.4 is 21.1 Å². The van der Waals surface area contributed by atoms with E-state index in [1.54, 1.807) is 11.8 Å². The van der Waals surface area contributed by atoms with Crippen molar-refractivity contribution in [2.75, 3.05) is 56.0 Å². The molecule has 0 saturated carbocycles. The first kappa shape index (κ1) is 17.0. The molecule has 2 aliphatic rings. The number of likely N-dealkylation sites (tertiary alicyclic amines) is 1. The van der Waals surface area contributed by atoms with Crippen LogP contribution in [0.1, 0.15) is 26.7 Å². The molecular weight excluding hydrogens is 308 g/mol. The predicted molar refractivity (Wildman–Crippen MR) is 94.6 cm³/mol. The van der Waals surface area contributed by atoms with Crippen molar-refractivity contribution in [2.24, 2.45) is 0 Å². The molecule has 1 unspecified atom stereocenters. The lowest BCUT2D eigenvalue weighted by atomic mass is 10.1. The lowest BCUT2D eigenvalue weighted by Gasteiger charge is -2.36. The number of hydrogen-bond donors (Lipinski definition) is 1. The summed E-state index contributed by atoms with van der Waals surface area (Å²) in [4.78, 5) is 41.5. The van der Waals surface area contributed by atoms with Crippen LogP contribution in [0, 0.1) is 0 Å². The lowest BCUT2D eigenvalue weighted by molar-refractivity contribution is -0.129. The van der Waals surface area contributed by atoms with Crippen LogP contribution in [0.25, 0.3) is 0 Å². The van der Waals surface area contributed by atoms with Gasteiger partial charge in [-0.25, -0.2) is 0 Å². The maximum Gasteiger partial charge on any atom is 0.253 e. The molecule has 0 aliphatic carbocycles. The van der Waals surface area contributed by atoms with Gasteiger partial charge < -0.3 is 15.1 Å².